The van der Waals surface area contributed by atoms with E-state index in [-0.39, 0.29) is 4.83 Å². The molecular weight excluding hydrogens is 443 g/mol. The van der Waals surface area contributed by atoms with Crippen LogP contribution in [-0.4, -0.2) is 14.2 Å². The van der Waals surface area contributed by atoms with E-state index in [2.05, 4.69) is 31.9 Å². The maximum atomic E-state index is 6.33. The second-order valence-electron chi connectivity index (χ2n) is 4.26. The Bertz CT molecular complexity index is 662. The predicted molar refractivity (Wildman–Crippen MR) is 94.5 cm³/mol. The van der Waals surface area contributed by atoms with Gasteiger partial charge in [-0.15, -0.1) is 0 Å². The highest BCUT2D eigenvalue weighted by Crippen LogP contribution is 2.43. The lowest BCUT2D eigenvalue weighted by Crippen LogP contribution is -1.99. The third kappa shape index (κ3) is 3.67. The number of hydrogen-bond acceptors (Lipinski definition) is 2. The van der Waals surface area contributed by atoms with Crippen molar-refractivity contribution in [3.8, 4) is 11.5 Å². The number of rotatable bonds is 4. The fourth-order valence-corrected chi connectivity index (χ4v) is 3.70. The van der Waals surface area contributed by atoms with Gasteiger partial charge >= 0.3 is 0 Å². The van der Waals surface area contributed by atoms with Crippen LogP contribution >= 0.6 is 55.1 Å². The summed E-state index contributed by atoms with van der Waals surface area (Å²) in [5.41, 5.74) is 1.81. The van der Waals surface area contributed by atoms with Gasteiger partial charge in [-0.1, -0.05) is 61.1 Å². The van der Waals surface area contributed by atoms with Gasteiger partial charge in [0.2, 0.25) is 0 Å². The van der Waals surface area contributed by atoms with E-state index in [0.717, 1.165) is 21.3 Å². The molecule has 0 aliphatic carbocycles. The van der Waals surface area contributed by atoms with E-state index in [4.69, 9.17) is 32.7 Å². The molecule has 0 bridgehead atoms. The summed E-state index contributed by atoms with van der Waals surface area (Å²) in [4.78, 5) is -0.142. The molecule has 0 saturated heterocycles. The first-order valence-corrected chi connectivity index (χ1v) is 8.44. The first-order valence-electron chi connectivity index (χ1n) is 5.98. The van der Waals surface area contributed by atoms with Crippen LogP contribution in [0, 0.1) is 0 Å². The molecule has 1 atom stereocenters. The van der Waals surface area contributed by atoms with Gasteiger partial charge < -0.3 is 9.47 Å². The minimum absolute atomic E-state index is 0.142. The molecule has 0 amide bonds. The maximum absolute atomic E-state index is 6.33. The Morgan fingerprint density at radius 2 is 1.57 bits per heavy atom. The second-order valence-corrected chi connectivity index (χ2v) is 6.90. The van der Waals surface area contributed by atoms with Crippen molar-refractivity contribution in [2.75, 3.05) is 14.2 Å². The molecule has 0 N–H and O–H groups in total. The van der Waals surface area contributed by atoms with Gasteiger partial charge in [0.05, 0.1) is 24.1 Å². The van der Waals surface area contributed by atoms with Crippen molar-refractivity contribution in [1.82, 2.24) is 0 Å². The van der Waals surface area contributed by atoms with Gasteiger partial charge in [0.25, 0.3) is 0 Å². The Hall–Kier alpha value is -0.420. The SMILES string of the molecule is COc1cc(Cl)c(C(Br)c2ccc(Br)cc2OC)cc1Cl. The summed E-state index contributed by atoms with van der Waals surface area (Å²) in [5.74, 6) is 1.31. The van der Waals surface area contributed by atoms with E-state index in [1.165, 1.54) is 0 Å². The van der Waals surface area contributed by atoms with E-state index in [9.17, 15) is 0 Å². The Balaban J connectivity index is 2.50. The molecule has 2 nitrogen and oxygen atoms in total. The minimum Gasteiger partial charge on any atom is -0.496 e. The Morgan fingerprint density at radius 3 is 2.19 bits per heavy atom. The molecule has 0 fully saturated rings. The summed E-state index contributed by atoms with van der Waals surface area (Å²) in [6, 6.07) is 9.33. The van der Waals surface area contributed by atoms with Crippen LogP contribution in [-0.2, 0) is 0 Å². The molecule has 0 heterocycles. The first kappa shape index (κ1) is 16.9. The van der Waals surface area contributed by atoms with E-state index in [1.807, 2.05) is 18.2 Å². The van der Waals surface area contributed by atoms with Crippen molar-refractivity contribution in [1.29, 1.82) is 0 Å². The molecule has 0 aliphatic heterocycles. The van der Waals surface area contributed by atoms with Crippen LogP contribution in [0.15, 0.2) is 34.8 Å². The third-order valence-corrected chi connectivity index (χ3v) is 5.12. The van der Waals surface area contributed by atoms with Gasteiger partial charge in [-0.05, 0) is 23.8 Å². The number of methoxy groups -OCH3 is 2. The van der Waals surface area contributed by atoms with Crippen molar-refractivity contribution >= 4 is 55.1 Å². The molecule has 1 unspecified atom stereocenters. The van der Waals surface area contributed by atoms with Gasteiger partial charge in [0, 0.05) is 21.1 Å². The molecular formula is C15H12Br2Cl2O2. The fourth-order valence-electron chi connectivity index (χ4n) is 1.96. The van der Waals surface area contributed by atoms with Crippen LogP contribution in [0.1, 0.15) is 16.0 Å². The zero-order valence-corrected chi connectivity index (χ0v) is 16.0. The van der Waals surface area contributed by atoms with Crippen molar-refractivity contribution in [3.05, 3.63) is 56.0 Å². The zero-order valence-electron chi connectivity index (χ0n) is 11.3. The van der Waals surface area contributed by atoms with E-state index in [0.29, 0.717) is 15.8 Å². The number of ether oxygens (including phenoxy) is 2. The first-order chi connectivity index (χ1) is 9.97. The minimum atomic E-state index is -0.142. The molecule has 21 heavy (non-hydrogen) atoms. The van der Waals surface area contributed by atoms with Crippen LogP contribution in [0.5, 0.6) is 11.5 Å². The monoisotopic (exact) mass is 452 g/mol. The lowest BCUT2D eigenvalue weighted by Gasteiger charge is -2.17. The molecule has 2 rings (SSSR count). The molecule has 0 saturated carbocycles. The Morgan fingerprint density at radius 1 is 0.905 bits per heavy atom. The van der Waals surface area contributed by atoms with E-state index >= 15 is 0 Å². The van der Waals surface area contributed by atoms with Crippen molar-refractivity contribution in [2.24, 2.45) is 0 Å². The lowest BCUT2D eigenvalue weighted by molar-refractivity contribution is 0.410. The molecule has 2 aromatic rings. The molecule has 0 spiro atoms. The molecule has 6 heteroatoms. The van der Waals surface area contributed by atoms with E-state index in [1.54, 1.807) is 26.4 Å². The molecule has 2 aromatic carbocycles. The van der Waals surface area contributed by atoms with Crippen molar-refractivity contribution in [3.63, 3.8) is 0 Å². The largest absolute Gasteiger partial charge is 0.496 e. The van der Waals surface area contributed by atoms with Crippen molar-refractivity contribution in [2.45, 2.75) is 4.83 Å². The van der Waals surface area contributed by atoms with Crippen molar-refractivity contribution < 1.29 is 9.47 Å². The number of benzene rings is 2. The average molecular weight is 455 g/mol. The van der Waals surface area contributed by atoms with Crippen LogP contribution in [0.25, 0.3) is 0 Å². The number of halogens is 4. The summed E-state index contributed by atoms with van der Waals surface area (Å²) in [7, 11) is 3.19. The van der Waals surface area contributed by atoms with E-state index < -0.39 is 0 Å². The average Bonchev–Trinajstić information content (AvgIpc) is 2.48. The van der Waals surface area contributed by atoms with Gasteiger partial charge in [-0.3, -0.25) is 0 Å². The summed E-state index contributed by atoms with van der Waals surface area (Å²) in [6.45, 7) is 0. The van der Waals surface area contributed by atoms with Crippen LogP contribution in [0.3, 0.4) is 0 Å². The highest BCUT2D eigenvalue weighted by molar-refractivity contribution is 9.10. The molecule has 0 radical (unpaired) electrons. The summed E-state index contributed by atoms with van der Waals surface area (Å²) in [6.07, 6.45) is 0. The Labute approximate surface area is 150 Å². The second kappa shape index (κ2) is 7.23. The topological polar surface area (TPSA) is 18.5 Å². The lowest BCUT2D eigenvalue weighted by atomic mass is 10.0. The highest BCUT2D eigenvalue weighted by atomic mass is 79.9. The van der Waals surface area contributed by atoms with Gasteiger partial charge in [-0.25, -0.2) is 0 Å². The Kier molecular flexibility index (Phi) is 5.83. The number of hydrogen-bond donors (Lipinski definition) is 0. The summed E-state index contributed by atoms with van der Waals surface area (Å²) in [5, 5.41) is 1.08. The predicted octanol–water partition coefficient (Wildman–Crippen LogP) is 6.26. The zero-order chi connectivity index (χ0) is 15.6. The van der Waals surface area contributed by atoms with Gasteiger partial charge in [0.15, 0.2) is 0 Å². The van der Waals surface area contributed by atoms with Crippen LogP contribution in [0.4, 0.5) is 0 Å². The quantitative estimate of drug-likeness (QED) is 0.508. The standard InChI is InChI=1S/C15H12Br2Cl2O2/c1-20-13-5-8(16)3-4-9(13)15(17)10-6-12(19)14(21-2)7-11(10)18/h3-7,15H,1-2H3. The fraction of sp³-hybridized carbons (Fsp3) is 0.200. The van der Waals surface area contributed by atoms with Crippen LogP contribution in [0.2, 0.25) is 10.0 Å². The molecule has 112 valence electrons. The van der Waals surface area contributed by atoms with Crippen LogP contribution < -0.4 is 9.47 Å². The third-order valence-electron chi connectivity index (χ3n) is 3.01. The van der Waals surface area contributed by atoms with Gasteiger partial charge in [-0.2, -0.15) is 0 Å². The summed E-state index contributed by atoms with van der Waals surface area (Å²) < 4.78 is 11.5. The normalized spacial score (nSPS) is 12.1. The maximum Gasteiger partial charge on any atom is 0.138 e. The smallest absolute Gasteiger partial charge is 0.138 e. The summed E-state index contributed by atoms with van der Waals surface area (Å²) >= 11 is 19.6. The van der Waals surface area contributed by atoms with Gasteiger partial charge in [0.1, 0.15) is 11.5 Å². The molecule has 0 aromatic heterocycles. The number of alkyl halides is 1. The molecule has 0 aliphatic rings. The highest BCUT2D eigenvalue weighted by Gasteiger charge is 2.20.